The Labute approximate surface area is 178 Å². The molecule has 2 aromatic carbocycles. The number of anilines is 2. The van der Waals surface area contributed by atoms with E-state index in [2.05, 4.69) is 15.3 Å². The Balaban J connectivity index is 1.47. The van der Waals surface area contributed by atoms with Crippen LogP contribution in [0.1, 0.15) is 12.0 Å². The van der Waals surface area contributed by atoms with Gasteiger partial charge in [0, 0.05) is 43.3 Å². The van der Waals surface area contributed by atoms with Crippen LogP contribution in [0.4, 0.5) is 24.8 Å². The van der Waals surface area contributed by atoms with E-state index in [0.29, 0.717) is 54.4 Å². The van der Waals surface area contributed by atoms with Crippen LogP contribution < -0.4 is 21.7 Å². The van der Waals surface area contributed by atoms with E-state index in [-0.39, 0.29) is 12.4 Å². The molecular formula is C22H23F3N6. The van der Waals surface area contributed by atoms with E-state index >= 15 is 0 Å². The van der Waals surface area contributed by atoms with Gasteiger partial charge in [-0.1, -0.05) is 18.2 Å². The van der Waals surface area contributed by atoms with E-state index in [1.807, 2.05) is 4.90 Å². The summed E-state index contributed by atoms with van der Waals surface area (Å²) in [5.41, 5.74) is 13.8. The molecule has 1 saturated heterocycles. The zero-order valence-electron chi connectivity index (χ0n) is 16.8. The lowest BCUT2D eigenvalue weighted by Gasteiger charge is -2.26. The summed E-state index contributed by atoms with van der Waals surface area (Å²) in [5, 5.41) is 3.17. The van der Waals surface area contributed by atoms with Crippen molar-refractivity contribution in [2.75, 3.05) is 30.3 Å². The Morgan fingerprint density at radius 2 is 1.77 bits per heavy atom. The summed E-state index contributed by atoms with van der Waals surface area (Å²) in [6.45, 7) is 1.82. The molecule has 0 radical (unpaired) electrons. The number of nitrogens with two attached hydrogens (primary N) is 2. The highest BCUT2D eigenvalue weighted by atomic mass is 19.1. The number of nitrogen functional groups attached to an aromatic ring is 1. The molecule has 1 aromatic heterocycles. The van der Waals surface area contributed by atoms with Gasteiger partial charge in [-0.05, 0) is 30.2 Å². The molecule has 1 aliphatic heterocycles. The molecule has 0 aliphatic carbocycles. The molecule has 0 bridgehead atoms. The normalized spacial score (nSPS) is 18.5. The quantitative estimate of drug-likeness (QED) is 0.559. The molecule has 1 aliphatic rings. The van der Waals surface area contributed by atoms with Crippen molar-refractivity contribution in [2.24, 2.45) is 5.73 Å². The lowest BCUT2D eigenvalue weighted by atomic mass is 10.00. The number of benzene rings is 2. The summed E-state index contributed by atoms with van der Waals surface area (Å²) in [7, 11) is 0. The van der Waals surface area contributed by atoms with Crippen LogP contribution in [-0.4, -0.2) is 35.1 Å². The zero-order valence-corrected chi connectivity index (χ0v) is 16.8. The largest absolute Gasteiger partial charge is 0.383 e. The number of hydrogen-bond donors (Lipinski definition) is 3. The molecule has 9 heteroatoms. The van der Waals surface area contributed by atoms with Gasteiger partial charge in [0.1, 0.15) is 35.4 Å². The van der Waals surface area contributed by atoms with Gasteiger partial charge in [0.25, 0.3) is 0 Å². The maximum atomic E-state index is 13.8. The average Bonchev–Trinajstić information content (AvgIpc) is 3.12. The minimum atomic E-state index is -0.607. The van der Waals surface area contributed by atoms with Crippen LogP contribution in [0, 0.1) is 17.5 Å². The standard InChI is InChI=1S/C22H23F3N6/c23-16-4-1-14(2-5-16)19-20(26)29-13-30-21(19)31-8-7-22(27,12-31)11-28-10-15-3-6-17(24)9-18(15)25/h1-6,9,13,28H,7-8,10-12,27H2,(H2,26,29,30). The first-order valence-corrected chi connectivity index (χ1v) is 9.89. The maximum Gasteiger partial charge on any atom is 0.142 e. The van der Waals surface area contributed by atoms with Gasteiger partial charge in [-0.2, -0.15) is 0 Å². The van der Waals surface area contributed by atoms with E-state index in [1.54, 1.807) is 12.1 Å². The first-order valence-electron chi connectivity index (χ1n) is 9.89. The maximum absolute atomic E-state index is 13.8. The van der Waals surface area contributed by atoms with Gasteiger partial charge in [0.15, 0.2) is 0 Å². The van der Waals surface area contributed by atoms with Gasteiger partial charge < -0.3 is 21.7 Å². The van der Waals surface area contributed by atoms with Crippen LogP contribution in [0.3, 0.4) is 0 Å². The third-order valence-electron chi connectivity index (χ3n) is 5.48. The SMILES string of the molecule is Nc1ncnc(N2CCC(N)(CNCc3ccc(F)cc3F)C2)c1-c1ccc(F)cc1. The van der Waals surface area contributed by atoms with Crippen molar-refractivity contribution in [3.05, 3.63) is 71.8 Å². The van der Waals surface area contributed by atoms with Gasteiger partial charge >= 0.3 is 0 Å². The third kappa shape index (κ3) is 4.62. The molecule has 6 nitrogen and oxygen atoms in total. The molecule has 1 fully saturated rings. The molecule has 4 rings (SSSR count). The van der Waals surface area contributed by atoms with E-state index in [9.17, 15) is 13.2 Å². The fourth-order valence-electron chi connectivity index (χ4n) is 3.85. The van der Waals surface area contributed by atoms with E-state index in [0.717, 1.165) is 6.07 Å². The molecule has 3 aromatic rings. The highest BCUT2D eigenvalue weighted by Crippen LogP contribution is 2.35. The van der Waals surface area contributed by atoms with Crippen LogP contribution in [0.25, 0.3) is 11.1 Å². The van der Waals surface area contributed by atoms with Crippen LogP contribution in [0.15, 0.2) is 48.8 Å². The molecule has 1 unspecified atom stereocenters. The second-order valence-electron chi connectivity index (χ2n) is 7.84. The lowest BCUT2D eigenvalue weighted by Crippen LogP contribution is -2.50. The highest BCUT2D eigenvalue weighted by Gasteiger charge is 2.36. The number of nitrogens with zero attached hydrogens (tertiary/aromatic N) is 3. The summed E-state index contributed by atoms with van der Waals surface area (Å²) < 4.78 is 40.2. The first kappa shape index (κ1) is 21.1. The number of nitrogens with one attached hydrogen (secondary N) is 1. The summed E-state index contributed by atoms with van der Waals surface area (Å²) in [6, 6.07) is 9.51. The van der Waals surface area contributed by atoms with Crippen molar-refractivity contribution in [1.82, 2.24) is 15.3 Å². The van der Waals surface area contributed by atoms with Gasteiger partial charge in [-0.3, -0.25) is 0 Å². The molecule has 0 spiro atoms. The van der Waals surface area contributed by atoms with E-state index in [4.69, 9.17) is 11.5 Å². The molecule has 0 saturated carbocycles. The Kier molecular flexibility index (Phi) is 5.79. The predicted octanol–water partition coefficient (Wildman–Crippen LogP) is 2.84. The molecule has 31 heavy (non-hydrogen) atoms. The van der Waals surface area contributed by atoms with E-state index < -0.39 is 17.2 Å². The van der Waals surface area contributed by atoms with Gasteiger partial charge in [-0.15, -0.1) is 0 Å². The zero-order chi connectivity index (χ0) is 22.0. The topological polar surface area (TPSA) is 93.1 Å². The Morgan fingerprint density at radius 3 is 2.52 bits per heavy atom. The predicted molar refractivity (Wildman–Crippen MR) is 114 cm³/mol. The molecule has 162 valence electrons. The number of hydrogen-bond acceptors (Lipinski definition) is 6. The van der Waals surface area contributed by atoms with Crippen LogP contribution in [-0.2, 0) is 6.54 Å². The summed E-state index contributed by atoms with van der Waals surface area (Å²) >= 11 is 0. The van der Waals surface area contributed by atoms with Crippen molar-refractivity contribution in [3.8, 4) is 11.1 Å². The summed E-state index contributed by atoms with van der Waals surface area (Å²) in [4.78, 5) is 10.5. The van der Waals surface area contributed by atoms with Crippen molar-refractivity contribution in [3.63, 3.8) is 0 Å². The molecule has 5 N–H and O–H groups in total. The van der Waals surface area contributed by atoms with Crippen LogP contribution >= 0.6 is 0 Å². The second-order valence-corrected chi connectivity index (χ2v) is 7.84. The van der Waals surface area contributed by atoms with Crippen LogP contribution in [0.2, 0.25) is 0 Å². The smallest absolute Gasteiger partial charge is 0.142 e. The Bertz CT molecular complexity index is 1080. The Morgan fingerprint density at radius 1 is 1.03 bits per heavy atom. The third-order valence-corrected chi connectivity index (χ3v) is 5.48. The van der Waals surface area contributed by atoms with Crippen molar-refractivity contribution >= 4 is 11.6 Å². The molecular weight excluding hydrogens is 405 g/mol. The number of aromatic nitrogens is 2. The summed E-state index contributed by atoms with van der Waals surface area (Å²) in [6.07, 6.45) is 2.07. The number of halogens is 3. The lowest BCUT2D eigenvalue weighted by molar-refractivity contribution is 0.428. The summed E-state index contributed by atoms with van der Waals surface area (Å²) in [5.74, 6) is -0.602. The molecule has 2 heterocycles. The molecule has 1 atom stereocenters. The minimum Gasteiger partial charge on any atom is -0.383 e. The monoisotopic (exact) mass is 428 g/mol. The second kappa shape index (κ2) is 8.52. The average molecular weight is 428 g/mol. The fourth-order valence-corrected chi connectivity index (χ4v) is 3.85. The first-order chi connectivity index (χ1) is 14.8. The van der Waals surface area contributed by atoms with Crippen LogP contribution in [0.5, 0.6) is 0 Å². The van der Waals surface area contributed by atoms with Crippen molar-refractivity contribution < 1.29 is 13.2 Å². The highest BCUT2D eigenvalue weighted by molar-refractivity contribution is 5.84. The van der Waals surface area contributed by atoms with Gasteiger partial charge in [-0.25, -0.2) is 23.1 Å². The van der Waals surface area contributed by atoms with Gasteiger partial charge in [0.05, 0.1) is 5.56 Å². The fraction of sp³-hybridized carbons (Fsp3) is 0.273. The van der Waals surface area contributed by atoms with Crippen molar-refractivity contribution in [2.45, 2.75) is 18.5 Å². The Hall–Kier alpha value is -3.17. The number of rotatable bonds is 6. The molecule has 0 amide bonds. The van der Waals surface area contributed by atoms with Gasteiger partial charge in [0.2, 0.25) is 0 Å². The van der Waals surface area contributed by atoms with E-state index in [1.165, 1.54) is 30.6 Å². The van der Waals surface area contributed by atoms with Crippen molar-refractivity contribution in [1.29, 1.82) is 0 Å². The minimum absolute atomic E-state index is 0.242.